The average Bonchev–Trinajstić information content (AvgIpc) is 3.45. The Bertz CT molecular complexity index is 1670. The van der Waals surface area contributed by atoms with Crippen LogP contribution in [0.25, 0.3) is 10.9 Å². The zero-order valence-corrected chi connectivity index (χ0v) is 22.3. The van der Waals surface area contributed by atoms with Crippen LogP contribution in [0, 0.1) is 5.92 Å². The number of para-hydroxylation sites is 1. The van der Waals surface area contributed by atoms with Gasteiger partial charge in [0.15, 0.2) is 0 Å². The molecule has 0 bridgehead atoms. The molecule has 1 N–H and O–H groups in total. The monoisotopic (exact) mass is 565 g/mol. The predicted octanol–water partition coefficient (Wildman–Crippen LogP) is 6.07. The third kappa shape index (κ3) is 5.84. The topological polar surface area (TPSA) is 83.9 Å². The van der Waals surface area contributed by atoms with Crippen molar-refractivity contribution in [3.63, 3.8) is 0 Å². The number of allylic oxidation sites excluding steroid dienone is 4. The molecule has 11 heteroatoms. The number of nitrogens with zero attached hydrogens (tertiary/aromatic N) is 4. The Morgan fingerprint density at radius 2 is 1.88 bits per heavy atom. The Balaban J connectivity index is 1.57. The Hall–Kier alpha value is -4.54. The lowest BCUT2D eigenvalue weighted by molar-refractivity contribution is -0.137. The standard InChI is InChI=1S/C30H27F4N5O2/c1-18-13-22(31)11-12-26(18)39-28(37-25-6-4-3-5-24(25)29(39)41)19(2)38(16-23-15-35-17-36-23)27(40)14-20-7-9-21(10-8-20)30(32,33)34/h3-13,15,17-19,26H,14,16H2,1-2H3,(H,35,36)/t18?,19-,26?/m1/s1. The molecule has 2 aromatic heterocycles. The van der Waals surface area contributed by atoms with Crippen LogP contribution in [-0.4, -0.2) is 30.3 Å². The first-order valence-electron chi connectivity index (χ1n) is 13.0. The summed E-state index contributed by atoms with van der Waals surface area (Å²) in [4.78, 5) is 40.9. The highest BCUT2D eigenvalue weighted by molar-refractivity contribution is 5.80. The van der Waals surface area contributed by atoms with Crippen LogP contribution in [0.3, 0.4) is 0 Å². The molecule has 2 unspecified atom stereocenters. The molecule has 41 heavy (non-hydrogen) atoms. The fourth-order valence-corrected chi connectivity index (χ4v) is 5.06. The number of hydrogen-bond acceptors (Lipinski definition) is 4. The molecule has 0 saturated heterocycles. The van der Waals surface area contributed by atoms with Gasteiger partial charge in [-0.25, -0.2) is 14.4 Å². The number of carbonyl (C=O) groups is 1. The lowest BCUT2D eigenvalue weighted by Crippen LogP contribution is -2.40. The van der Waals surface area contributed by atoms with Gasteiger partial charge in [-0.1, -0.05) is 37.3 Å². The number of benzene rings is 2. The summed E-state index contributed by atoms with van der Waals surface area (Å²) >= 11 is 0. The Labute approximate surface area is 232 Å². The molecule has 212 valence electrons. The van der Waals surface area contributed by atoms with Crippen LogP contribution < -0.4 is 5.56 Å². The number of fused-ring (bicyclic) bond motifs is 1. The van der Waals surface area contributed by atoms with Gasteiger partial charge in [0.25, 0.3) is 5.56 Å². The summed E-state index contributed by atoms with van der Waals surface area (Å²) in [6, 6.07) is 9.99. The van der Waals surface area contributed by atoms with E-state index in [9.17, 15) is 27.2 Å². The van der Waals surface area contributed by atoms with Gasteiger partial charge in [-0.05, 0) is 48.9 Å². The van der Waals surface area contributed by atoms with Crippen molar-refractivity contribution in [1.29, 1.82) is 0 Å². The van der Waals surface area contributed by atoms with Crippen molar-refractivity contribution in [2.24, 2.45) is 5.92 Å². The van der Waals surface area contributed by atoms with Crippen molar-refractivity contribution in [1.82, 2.24) is 24.4 Å². The van der Waals surface area contributed by atoms with E-state index >= 15 is 0 Å². The van der Waals surface area contributed by atoms with E-state index in [1.165, 1.54) is 40.1 Å². The second kappa shape index (κ2) is 11.1. The van der Waals surface area contributed by atoms with E-state index in [2.05, 4.69) is 9.97 Å². The fraction of sp³-hybridized carbons (Fsp3) is 0.267. The molecule has 2 heterocycles. The van der Waals surface area contributed by atoms with Crippen LogP contribution >= 0.6 is 0 Å². The molecule has 0 saturated carbocycles. The molecule has 1 amide bonds. The summed E-state index contributed by atoms with van der Waals surface area (Å²) in [5.41, 5.74) is 0.329. The zero-order valence-electron chi connectivity index (χ0n) is 22.3. The SMILES string of the molecule is CC1C=C(F)C=CC1n1c([C@@H](C)N(Cc2cnc[nH]2)C(=O)Cc2ccc(C(F)(F)F)cc2)nc2ccccc2c1=O. The van der Waals surface area contributed by atoms with Gasteiger partial charge in [0.2, 0.25) is 5.91 Å². The van der Waals surface area contributed by atoms with Gasteiger partial charge < -0.3 is 9.88 Å². The van der Waals surface area contributed by atoms with E-state index in [0.717, 1.165) is 12.1 Å². The van der Waals surface area contributed by atoms with Crippen molar-refractivity contribution >= 4 is 16.8 Å². The van der Waals surface area contributed by atoms with Crippen LogP contribution in [-0.2, 0) is 23.9 Å². The first-order valence-corrected chi connectivity index (χ1v) is 13.0. The number of hydrogen-bond donors (Lipinski definition) is 1. The molecule has 2 aromatic carbocycles. The number of aromatic nitrogens is 4. The second-order valence-electron chi connectivity index (χ2n) is 10.1. The van der Waals surface area contributed by atoms with E-state index in [1.807, 2.05) is 0 Å². The number of aromatic amines is 1. The Morgan fingerprint density at radius 1 is 1.15 bits per heavy atom. The Kier molecular flexibility index (Phi) is 7.61. The smallest absolute Gasteiger partial charge is 0.347 e. The van der Waals surface area contributed by atoms with Gasteiger partial charge in [0, 0.05) is 12.1 Å². The molecular formula is C30H27F4N5O2. The predicted molar refractivity (Wildman–Crippen MR) is 145 cm³/mol. The van der Waals surface area contributed by atoms with E-state index in [0.29, 0.717) is 28.0 Å². The van der Waals surface area contributed by atoms with Gasteiger partial charge in [-0.3, -0.25) is 14.2 Å². The minimum Gasteiger partial charge on any atom is -0.347 e. The third-order valence-electron chi connectivity index (χ3n) is 7.24. The maximum Gasteiger partial charge on any atom is 0.416 e. The minimum absolute atomic E-state index is 0.0773. The Morgan fingerprint density at radius 3 is 2.54 bits per heavy atom. The van der Waals surface area contributed by atoms with Gasteiger partial charge in [0.1, 0.15) is 11.7 Å². The summed E-state index contributed by atoms with van der Waals surface area (Å²) in [5, 5.41) is 0.385. The third-order valence-corrected chi connectivity index (χ3v) is 7.24. The number of nitrogens with one attached hydrogen (secondary N) is 1. The molecule has 1 aliphatic rings. The quantitative estimate of drug-likeness (QED) is 0.276. The highest BCUT2D eigenvalue weighted by Crippen LogP contribution is 2.32. The minimum atomic E-state index is -4.49. The second-order valence-corrected chi connectivity index (χ2v) is 10.1. The van der Waals surface area contributed by atoms with Crippen molar-refractivity contribution < 1.29 is 22.4 Å². The molecule has 4 aromatic rings. The first-order chi connectivity index (χ1) is 19.5. The maximum absolute atomic E-state index is 14.0. The summed E-state index contributed by atoms with van der Waals surface area (Å²) in [5.74, 6) is -0.876. The molecule has 0 fully saturated rings. The highest BCUT2D eigenvalue weighted by Gasteiger charge is 2.32. The maximum atomic E-state index is 14.0. The summed E-state index contributed by atoms with van der Waals surface area (Å²) in [7, 11) is 0. The number of imidazole rings is 1. The first kappa shape index (κ1) is 28.0. The van der Waals surface area contributed by atoms with Gasteiger partial charge in [-0.15, -0.1) is 0 Å². The van der Waals surface area contributed by atoms with Gasteiger partial charge in [0.05, 0.1) is 53.5 Å². The van der Waals surface area contributed by atoms with Gasteiger partial charge in [-0.2, -0.15) is 13.2 Å². The van der Waals surface area contributed by atoms with E-state index in [-0.39, 0.29) is 30.3 Å². The van der Waals surface area contributed by atoms with Crippen LogP contribution in [0.1, 0.15) is 48.6 Å². The molecule has 3 atom stereocenters. The van der Waals surface area contributed by atoms with Gasteiger partial charge >= 0.3 is 6.18 Å². The summed E-state index contributed by atoms with van der Waals surface area (Å²) in [6.45, 7) is 3.61. The van der Waals surface area contributed by atoms with Crippen LogP contribution in [0.2, 0.25) is 0 Å². The van der Waals surface area contributed by atoms with Crippen molar-refractivity contribution in [3.8, 4) is 0 Å². The normalized spacial score (nSPS) is 17.9. The number of carbonyl (C=O) groups excluding carboxylic acids is 1. The zero-order chi connectivity index (χ0) is 29.3. The molecular weight excluding hydrogens is 538 g/mol. The molecule has 0 aliphatic heterocycles. The van der Waals surface area contributed by atoms with Crippen LogP contribution in [0.4, 0.5) is 17.6 Å². The number of rotatable bonds is 7. The molecule has 0 radical (unpaired) electrons. The largest absolute Gasteiger partial charge is 0.416 e. The molecule has 0 spiro atoms. The summed E-state index contributed by atoms with van der Waals surface area (Å²) < 4.78 is 54.7. The molecule has 5 rings (SSSR count). The van der Waals surface area contributed by atoms with Crippen LogP contribution in [0.5, 0.6) is 0 Å². The van der Waals surface area contributed by atoms with E-state index in [1.54, 1.807) is 50.4 Å². The number of alkyl halides is 3. The van der Waals surface area contributed by atoms with Crippen molar-refractivity contribution in [2.75, 3.05) is 0 Å². The van der Waals surface area contributed by atoms with E-state index in [4.69, 9.17) is 4.98 Å². The lowest BCUT2D eigenvalue weighted by Gasteiger charge is -2.33. The number of H-pyrrole nitrogens is 1. The van der Waals surface area contributed by atoms with Crippen molar-refractivity contribution in [2.45, 2.75) is 45.1 Å². The fourth-order valence-electron chi connectivity index (χ4n) is 5.06. The van der Waals surface area contributed by atoms with Crippen molar-refractivity contribution in [3.05, 3.63) is 118 Å². The highest BCUT2D eigenvalue weighted by atomic mass is 19.4. The number of amides is 1. The molecule has 7 nitrogen and oxygen atoms in total. The summed E-state index contributed by atoms with van der Waals surface area (Å²) in [6.07, 6.45) is 2.71. The van der Waals surface area contributed by atoms with E-state index < -0.39 is 29.7 Å². The van der Waals surface area contributed by atoms with Crippen LogP contribution in [0.15, 0.2) is 89.9 Å². The number of halogens is 4. The lowest BCUT2D eigenvalue weighted by atomic mass is 9.95. The average molecular weight is 566 g/mol. The molecule has 1 aliphatic carbocycles.